The molecule has 0 unspecified atom stereocenters. The van der Waals surface area contributed by atoms with E-state index in [4.69, 9.17) is 0 Å². The summed E-state index contributed by atoms with van der Waals surface area (Å²) < 4.78 is 0. The van der Waals surface area contributed by atoms with E-state index in [1.54, 1.807) is 22.7 Å². The first kappa shape index (κ1) is 24.3. The molecule has 0 aliphatic carbocycles. The van der Waals surface area contributed by atoms with Crippen LogP contribution in [0.25, 0.3) is 43.1 Å². The Morgan fingerprint density at radius 2 is 0.789 bits per heavy atom. The lowest BCUT2D eigenvalue weighted by molar-refractivity contribution is 0.103. The Kier molecular flexibility index (Phi) is 6.63. The second-order valence-corrected chi connectivity index (χ2v) is 11.4. The lowest BCUT2D eigenvalue weighted by Crippen LogP contribution is -2.00. The topological polar surface area (TPSA) is 17.1 Å². The van der Waals surface area contributed by atoms with Crippen molar-refractivity contribution in [3.8, 4) is 43.1 Å². The second kappa shape index (κ2) is 10.4. The number of hydrogen-bond donors (Lipinski definition) is 0. The lowest BCUT2D eigenvalue weighted by atomic mass is 9.97. The van der Waals surface area contributed by atoms with Crippen LogP contribution in [0.15, 0.2) is 120 Å². The number of hydrogen-bond acceptors (Lipinski definition) is 3. The zero-order valence-electron chi connectivity index (χ0n) is 21.3. The molecule has 0 fully saturated rings. The van der Waals surface area contributed by atoms with Crippen LogP contribution in [-0.4, -0.2) is 5.78 Å². The van der Waals surface area contributed by atoms with E-state index in [-0.39, 0.29) is 5.78 Å². The smallest absolute Gasteiger partial charge is 0.193 e. The van der Waals surface area contributed by atoms with Crippen LogP contribution in [0.2, 0.25) is 0 Å². The number of carbonyl (C=O) groups excluding carboxylic acids is 1. The van der Waals surface area contributed by atoms with Gasteiger partial charge in [0, 0.05) is 32.0 Å². The summed E-state index contributed by atoms with van der Waals surface area (Å²) in [7, 11) is 0. The highest BCUT2D eigenvalue weighted by Gasteiger charge is 2.14. The molecular formula is C35H26OS2. The molecule has 0 aliphatic heterocycles. The molecule has 0 amide bonds. The molecule has 3 heteroatoms. The molecular weight excluding hydrogens is 501 g/mol. The van der Waals surface area contributed by atoms with Gasteiger partial charge in [0.2, 0.25) is 0 Å². The van der Waals surface area contributed by atoms with Crippen molar-refractivity contribution in [3.63, 3.8) is 0 Å². The summed E-state index contributed by atoms with van der Waals surface area (Å²) in [6.45, 7) is 4.21. The summed E-state index contributed by atoms with van der Waals surface area (Å²) in [4.78, 5) is 15.7. The van der Waals surface area contributed by atoms with Gasteiger partial charge in [0.1, 0.15) is 0 Å². The minimum absolute atomic E-state index is 0.0398. The van der Waals surface area contributed by atoms with E-state index in [9.17, 15) is 4.79 Å². The van der Waals surface area contributed by atoms with E-state index in [2.05, 4.69) is 110 Å². The molecule has 4 aromatic carbocycles. The van der Waals surface area contributed by atoms with Crippen LogP contribution in [0, 0.1) is 13.8 Å². The third-order valence-electron chi connectivity index (χ3n) is 6.87. The van der Waals surface area contributed by atoms with Crippen LogP contribution < -0.4 is 0 Å². The summed E-state index contributed by atoms with van der Waals surface area (Å²) >= 11 is 3.46. The van der Waals surface area contributed by atoms with E-state index in [0.29, 0.717) is 11.1 Å². The first-order valence-electron chi connectivity index (χ1n) is 12.6. The van der Waals surface area contributed by atoms with Crippen LogP contribution in [-0.2, 0) is 0 Å². The van der Waals surface area contributed by atoms with Crippen molar-refractivity contribution >= 4 is 28.5 Å². The molecule has 0 aliphatic rings. The zero-order valence-corrected chi connectivity index (χ0v) is 22.9. The van der Waals surface area contributed by atoms with Crippen molar-refractivity contribution in [1.29, 1.82) is 0 Å². The second-order valence-electron chi connectivity index (χ2n) is 9.54. The summed E-state index contributed by atoms with van der Waals surface area (Å²) in [6.07, 6.45) is 0. The van der Waals surface area contributed by atoms with Crippen molar-refractivity contribution in [3.05, 3.63) is 142 Å². The molecule has 0 bridgehead atoms. The summed E-state index contributed by atoms with van der Waals surface area (Å²) in [5.41, 5.74) is 11.0. The molecule has 0 atom stereocenters. The highest BCUT2D eigenvalue weighted by molar-refractivity contribution is 7.14. The summed E-state index contributed by atoms with van der Waals surface area (Å²) in [5.74, 6) is 0.0398. The van der Waals surface area contributed by atoms with Gasteiger partial charge in [0.05, 0.1) is 0 Å². The predicted molar refractivity (Wildman–Crippen MR) is 163 cm³/mol. The Hall–Kier alpha value is -4.05. The molecule has 0 saturated carbocycles. The van der Waals surface area contributed by atoms with E-state index in [1.807, 2.05) is 24.3 Å². The van der Waals surface area contributed by atoms with E-state index in [0.717, 1.165) is 11.1 Å². The van der Waals surface area contributed by atoms with E-state index < -0.39 is 0 Å². The molecule has 184 valence electrons. The van der Waals surface area contributed by atoms with E-state index >= 15 is 0 Å². The third kappa shape index (κ3) is 4.79. The molecule has 6 rings (SSSR count). The van der Waals surface area contributed by atoms with Crippen LogP contribution in [0.4, 0.5) is 0 Å². The van der Waals surface area contributed by atoms with Gasteiger partial charge in [0.25, 0.3) is 0 Å². The fourth-order valence-corrected chi connectivity index (χ4v) is 6.55. The summed E-state index contributed by atoms with van der Waals surface area (Å²) in [6, 6.07) is 37.6. The Bertz CT molecular complexity index is 1570. The maximum atomic E-state index is 13.3. The largest absolute Gasteiger partial charge is 0.289 e. The quantitative estimate of drug-likeness (QED) is 0.197. The van der Waals surface area contributed by atoms with Gasteiger partial charge >= 0.3 is 0 Å². The van der Waals surface area contributed by atoms with Crippen LogP contribution in [0.5, 0.6) is 0 Å². The number of carbonyl (C=O) groups is 1. The fraction of sp³-hybridized carbons (Fsp3) is 0.0571. The molecule has 38 heavy (non-hydrogen) atoms. The van der Waals surface area contributed by atoms with Crippen molar-refractivity contribution in [2.45, 2.75) is 13.8 Å². The molecule has 0 spiro atoms. The maximum Gasteiger partial charge on any atom is 0.193 e. The van der Waals surface area contributed by atoms with Crippen molar-refractivity contribution in [2.24, 2.45) is 0 Å². The van der Waals surface area contributed by atoms with Gasteiger partial charge in [-0.2, -0.15) is 0 Å². The fourth-order valence-electron chi connectivity index (χ4n) is 4.70. The molecule has 0 saturated heterocycles. The van der Waals surface area contributed by atoms with Crippen LogP contribution >= 0.6 is 22.7 Å². The average Bonchev–Trinajstić information content (AvgIpc) is 3.64. The highest BCUT2D eigenvalue weighted by Crippen LogP contribution is 2.38. The van der Waals surface area contributed by atoms with Crippen molar-refractivity contribution in [1.82, 2.24) is 0 Å². The molecule has 6 aromatic rings. The molecule has 1 nitrogen and oxygen atoms in total. The standard InChI is InChI=1S/C35H26OS2/c1-23-3-7-25(8-4-23)31-19-21-37-34(31)29-15-11-27(12-16-29)33(36)28-13-17-30(18-14-28)35-32(20-22-38-35)26-9-5-24(2)6-10-26/h3-22H,1-2H3. The zero-order chi connectivity index (χ0) is 26.1. The Morgan fingerprint density at radius 3 is 1.16 bits per heavy atom. The van der Waals surface area contributed by atoms with E-state index in [1.165, 1.54) is 43.1 Å². The number of aryl methyl sites for hydroxylation is 2. The van der Waals surface area contributed by atoms with Crippen LogP contribution in [0.3, 0.4) is 0 Å². The number of thiophene rings is 2. The Morgan fingerprint density at radius 1 is 0.447 bits per heavy atom. The molecule has 0 N–H and O–H groups in total. The van der Waals surface area contributed by atoms with Crippen LogP contribution in [0.1, 0.15) is 27.0 Å². The third-order valence-corrected chi connectivity index (χ3v) is 8.80. The predicted octanol–water partition coefficient (Wildman–Crippen LogP) is 10.3. The van der Waals surface area contributed by atoms with Gasteiger partial charge in [-0.25, -0.2) is 0 Å². The summed E-state index contributed by atoms with van der Waals surface area (Å²) in [5, 5.41) is 4.26. The number of rotatable bonds is 6. The van der Waals surface area contributed by atoms with Gasteiger partial charge in [-0.05, 0) is 59.0 Å². The monoisotopic (exact) mass is 526 g/mol. The number of ketones is 1. The minimum atomic E-state index is 0.0398. The molecule has 0 radical (unpaired) electrons. The van der Waals surface area contributed by atoms with Crippen molar-refractivity contribution in [2.75, 3.05) is 0 Å². The normalized spacial score (nSPS) is 11.0. The Labute approximate surface area is 231 Å². The van der Waals surface area contributed by atoms with Gasteiger partial charge in [-0.3, -0.25) is 4.79 Å². The minimum Gasteiger partial charge on any atom is -0.289 e. The molecule has 2 aromatic heterocycles. The van der Waals surface area contributed by atoms with Gasteiger partial charge in [-0.15, -0.1) is 22.7 Å². The van der Waals surface area contributed by atoms with Gasteiger partial charge in [-0.1, -0.05) is 108 Å². The molecule has 2 heterocycles. The lowest BCUT2D eigenvalue weighted by Gasteiger charge is -2.08. The highest BCUT2D eigenvalue weighted by atomic mass is 32.1. The average molecular weight is 527 g/mol. The van der Waals surface area contributed by atoms with Gasteiger partial charge in [0.15, 0.2) is 5.78 Å². The number of benzene rings is 4. The first-order valence-corrected chi connectivity index (χ1v) is 14.4. The SMILES string of the molecule is Cc1ccc(-c2ccsc2-c2ccc(C(=O)c3ccc(-c4sccc4-c4ccc(C)cc4)cc3)cc2)cc1. The van der Waals surface area contributed by atoms with Gasteiger partial charge < -0.3 is 0 Å². The maximum absolute atomic E-state index is 13.3. The van der Waals surface area contributed by atoms with Crippen molar-refractivity contribution < 1.29 is 4.79 Å². The first-order chi connectivity index (χ1) is 18.6. The Balaban J connectivity index is 1.22.